The molecule has 0 saturated carbocycles. The van der Waals surface area contributed by atoms with Gasteiger partial charge < -0.3 is 16.0 Å². The van der Waals surface area contributed by atoms with Gasteiger partial charge in [-0.2, -0.15) is 0 Å². The maximum Gasteiger partial charge on any atom is 0.0322 e. The first-order valence-electron chi connectivity index (χ1n) is 4.77. The number of hydrogen-bond acceptors (Lipinski definition) is 3. The molecular formula is C9H21N3. The van der Waals surface area contributed by atoms with Crippen molar-refractivity contribution in [3.63, 3.8) is 0 Å². The summed E-state index contributed by atoms with van der Waals surface area (Å²) in [6.45, 7) is 10.9. The van der Waals surface area contributed by atoms with E-state index < -0.39 is 0 Å². The topological polar surface area (TPSA) is 36.1 Å². The molecule has 0 aliphatic carbocycles. The van der Waals surface area contributed by atoms with Gasteiger partial charge in [0.15, 0.2) is 0 Å². The lowest BCUT2D eigenvalue weighted by Gasteiger charge is -2.27. The van der Waals surface area contributed by atoms with Gasteiger partial charge in [-0.05, 0) is 20.8 Å². The lowest BCUT2D eigenvalue weighted by atomic mass is 10.1. The van der Waals surface area contributed by atoms with Gasteiger partial charge in [0, 0.05) is 37.8 Å². The molecule has 72 valence electrons. The largest absolute Gasteiger partial charge is 0.314 e. The van der Waals surface area contributed by atoms with Crippen LogP contribution >= 0.6 is 0 Å². The fraction of sp³-hybridized carbons (Fsp3) is 1.00. The normalized spacial score (nSPS) is 22.2. The van der Waals surface area contributed by atoms with Crippen LogP contribution in [0.5, 0.6) is 0 Å². The Labute approximate surface area is 75.3 Å². The summed E-state index contributed by atoms with van der Waals surface area (Å²) in [7, 11) is 0. The van der Waals surface area contributed by atoms with Gasteiger partial charge in [0.2, 0.25) is 0 Å². The standard InChI is InChI=1S/C9H21N3/c1-9(2,3)12-8-6-10-4-5-11-7-8/h8,10-12H,4-7H2,1-3H3. The third-order valence-electron chi connectivity index (χ3n) is 1.90. The van der Waals surface area contributed by atoms with Gasteiger partial charge in [-0.25, -0.2) is 0 Å². The summed E-state index contributed by atoms with van der Waals surface area (Å²) in [5.74, 6) is 0. The van der Waals surface area contributed by atoms with Gasteiger partial charge in [0.05, 0.1) is 0 Å². The molecule has 1 rings (SSSR count). The van der Waals surface area contributed by atoms with Crippen LogP contribution in [-0.2, 0) is 0 Å². The van der Waals surface area contributed by atoms with Gasteiger partial charge >= 0.3 is 0 Å². The molecule has 1 aliphatic heterocycles. The van der Waals surface area contributed by atoms with Crippen molar-refractivity contribution in [2.75, 3.05) is 26.2 Å². The molecule has 1 heterocycles. The van der Waals surface area contributed by atoms with Crippen molar-refractivity contribution in [1.29, 1.82) is 0 Å². The maximum absolute atomic E-state index is 3.57. The van der Waals surface area contributed by atoms with E-state index in [1.165, 1.54) is 0 Å². The quantitative estimate of drug-likeness (QED) is 0.517. The Balaban J connectivity index is 2.30. The Morgan fingerprint density at radius 1 is 1.08 bits per heavy atom. The third kappa shape index (κ3) is 4.04. The zero-order chi connectivity index (χ0) is 9.03. The molecule has 1 saturated heterocycles. The lowest BCUT2D eigenvalue weighted by molar-refractivity contribution is 0.352. The van der Waals surface area contributed by atoms with Gasteiger partial charge in [-0.3, -0.25) is 0 Å². The molecule has 0 amide bonds. The zero-order valence-corrected chi connectivity index (χ0v) is 8.41. The Kier molecular flexibility index (Phi) is 3.50. The minimum Gasteiger partial charge on any atom is -0.314 e. The first kappa shape index (κ1) is 9.96. The third-order valence-corrected chi connectivity index (χ3v) is 1.90. The zero-order valence-electron chi connectivity index (χ0n) is 8.41. The highest BCUT2D eigenvalue weighted by Crippen LogP contribution is 2.00. The average Bonchev–Trinajstić information content (AvgIpc) is 2.12. The summed E-state index contributed by atoms with van der Waals surface area (Å²) in [6, 6.07) is 0.562. The average molecular weight is 171 g/mol. The Bertz CT molecular complexity index is 120. The summed E-state index contributed by atoms with van der Waals surface area (Å²) >= 11 is 0. The summed E-state index contributed by atoms with van der Waals surface area (Å²) in [5.41, 5.74) is 0.221. The van der Waals surface area contributed by atoms with Crippen molar-refractivity contribution in [2.45, 2.75) is 32.4 Å². The van der Waals surface area contributed by atoms with E-state index in [1.54, 1.807) is 0 Å². The molecule has 0 atom stereocenters. The van der Waals surface area contributed by atoms with E-state index in [0.29, 0.717) is 6.04 Å². The number of nitrogens with one attached hydrogen (secondary N) is 3. The molecule has 0 unspecified atom stereocenters. The van der Waals surface area contributed by atoms with E-state index in [0.717, 1.165) is 26.2 Å². The van der Waals surface area contributed by atoms with E-state index in [2.05, 4.69) is 36.7 Å². The lowest BCUT2D eigenvalue weighted by Crippen LogP contribution is -2.50. The smallest absolute Gasteiger partial charge is 0.0322 e. The molecule has 3 nitrogen and oxygen atoms in total. The second-order valence-electron chi connectivity index (χ2n) is 4.50. The second kappa shape index (κ2) is 4.21. The van der Waals surface area contributed by atoms with Crippen LogP contribution < -0.4 is 16.0 Å². The molecule has 0 aromatic rings. The predicted octanol–water partition coefficient (Wildman–Crippen LogP) is -0.0641. The summed E-state index contributed by atoms with van der Waals surface area (Å²) in [5, 5.41) is 10.4. The minimum absolute atomic E-state index is 0.221. The van der Waals surface area contributed by atoms with Crippen molar-refractivity contribution >= 4 is 0 Å². The predicted molar refractivity (Wildman–Crippen MR) is 52.4 cm³/mol. The summed E-state index contributed by atoms with van der Waals surface area (Å²) < 4.78 is 0. The summed E-state index contributed by atoms with van der Waals surface area (Å²) in [4.78, 5) is 0. The van der Waals surface area contributed by atoms with Gasteiger partial charge in [0.25, 0.3) is 0 Å². The highest BCUT2D eigenvalue weighted by molar-refractivity contribution is 4.82. The van der Waals surface area contributed by atoms with E-state index in [-0.39, 0.29) is 5.54 Å². The Morgan fingerprint density at radius 2 is 1.58 bits per heavy atom. The molecule has 0 radical (unpaired) electrons. The van der Waals surface area contributed by atoms with Crippen LogP contribution in [0.3, 0.4) is 0 Å². The summed E-state index contributed by atoms with van der Waals surface area (Å²) in [6.07, 6.45) is 0. The van der Waals surface area contributed by atoms with Crippen LogP contribution in [0.15, 0.2) is 0 Å². The van der Waals surface area contributed by atoms with E-state index in [1.807, 2.05) is 0 Å². The van der Waals surface area contributed by atoms with Crippen molar-refractivity contribution in [1.82, 2.24) is 16.0 Å². The highest BCUT2D eigenvalue weighted by atomic mass is 15.1. The molecule has 0 aromatic heterocycles. The molecule has 0 aromatic carbocycles. The van der Waals surface area contributed by atoms with Crippen molar-refractivity contribution in [2.24, 2.45) is 0 Å². The molecular weight excluding hydrogens is 150 g/mol. The van der Waals surface area contributed by atoms with Crippen LogP contribution in [0.25, 0.3) is 0 Å². The number of rotatable bonds is 1. The molecule has 0 bridgehead atoms. The second-order valence-corrected chi connectivity index (χ2v) is 4.50. The first-order chi connectivity index (χ1) is 5.58. The van der Waals surface area contributed by atoms with E-state index >= 15 is 0 Å². The van der Waals surface area contributed by atoms with Gasteiger partial charge in [-0.15, -0.1) is 0 Å². The molecule has 1 fully saturated rings. The van der Waals surface area contributed by atoms with Gasteiger partial charge in [0.1, 0.15) is 0 Å². The van der Waals surface area contributed by atoms with E-state index in [9.17, 15) is 0 Å². The van der Waals surface area contributed by atoms with Crippen LogP contribution in [0, 0.1) is 0 Å². The molecule has 3 heteroatoms. The molecule has 3 N–H and O–H groups in total. The van der Waals surface area contributed by atoms with Crippen molar-refractivity contribution < 1.29 is 0 Å². The van der Waals surface area contributed by atoms with Crippen LogP contribution in [0.1, 0.15) is 20.8 Å². The van der Waals surface area contributed by atoms with Gasteiger partial charge in [-0.1, -0.05) is 0 Å². The Morgan fingerprint density at radius 3 is 2.00 bits per heavy atom. The van der Waals surface area contributed by atoms with Crippen molar-refractivity contribution in [3.8, 4) is 0 Å². The fourth-order valence-corrected chi connectivity index (χ4v) is 1.52. The first-order valence-corrected chi connectivity index (χ1v) is 4.77. The van der Waals surface area contributed by atoms with Crippen LogP contribution in [0.4, 0.5) is 0 Å². The maximum atomic E-state index is 3.57. The highest BCUT2D eigenvalue weighted by Gasteiger charge is 2.17. The molecule has 1 aliphatic rings. The van der Waals surface area contributed by atoms with Crippen LogP contribution in [0.2, 0.25) is 0 Å². The fourth-order valence-electron chi connectivity index (χ4n) is 1.52. The van der Waals surface area contributed by atoms with Crippen LogP contribution in [-0.4, -0.2) is 37.8 Å². The monoisotopic (exact) mass is 171 g/mol. The van der Waals surface area contributed by atoms with Crippen molar-refractivity contribution in [3.05, 3.63) is 0 Å². The molecule has 12 heavy (non-hydrogen) atoms. The molecule has 0 spiro atoms. The van der Waals surface area contributed by atoms with E-state index in [4.69, 9.17) is 0 Å². The Hall–Kier alpha value is -0.120. The minimum atomic E-state index is 0.221. The number of hydrogen-bond donors (Lipinski definition) is 3. The SMILES string of the molecule is CC(C)(C)NC1CNCCNC1.